The number of carbonyl (C=O) groups excluding carboxylic acids is 1. The van der Waals surface area contributed by atoms with E-state index in [-0.39, 0.29) is 23.4 Å². The summed E-state index contributed by atoms with van der Waals surface area (Å²) in [5.74, 6) is 0.169. The van der Waals surface area contributed by atoms with Crippen molar-refractivity contribution in [2.75, 3.05) is 6.54 Å². The van der Waals surface area contributed by atoms with Gasteiger partial charge in [-0.05, 0) is 37.6 Å². The molecule has 0 unspecified atom stereocenters. The predicted octanol–water partition coefficient (Wildman–Crippen LogP) is 4.09. The van der Waals surface area contributed by atoms with Gasteiger partial charge in [0.15, 0.2) is 5.69 Å². The Morgan fingerprint density at radius 3 is 2.81 bits per heavy atom. The molecule has 0 spiro atoms. The Labute approximate surface area is 184 Å². The molecule has 0 saturated heterocycles. The maximum Gasteiger partial charge on any atom is 0.279 e. The smallest absolute Gasteiger partial charge is 0.279 e. The number of aromatic nitrogens is 4. The normalized spacial score (nSPS) is 13.3. The van der Waals surface area contributed by atoms with E-state index in [4.69, 9.17) is 4.52 Å². The van der Waals surface area contributed by atoms with E-state index in [2.05, 4.69) is 15.2 Å². The van der Waals surface area contributed by atoms with Crippen molar-refractivity contribution in [2.45, 2.75) is 26.8 Å². The molecule has 3 heterocycles. The quantitative estimate of drug-likeness (QED) is 0.488. The van der Waals surface area contributed by atoms with Crippen molar-refractivity contribution in [1.29, 1.82) is 0 Å². The summed E-state index contributed by atoms with van der Waals surface area (Å²) in [6.07, 6.45) is 0.681. The van der Waals surface area contributed by atoms with Crippen molar-refractivity contribution in [1.82, 2.24) is 24.8 Å². The molecule has 5 rings (SSSR count). The number of benzene rings is 2. The molecule has 0 N–H and O–H groups in total. The first-order valence-electron chi connectivity index (χ1n) is 10.4. The lowest BCUT2D eigenvalue weighted by Crippen LogP contribution is -2.36. The van der Waals surface area contributed by atoms with Gasteiger partial charge >= 0.3 is 0 Å². The minimum Gasteiger partial charge on any atom is -0.334 e. The van der Waals surface area contributed by atoms with Gasteiger partial charge in [0.05, 0.1) is 6.54 Å². The summed E-state index contributed by atoms with van der Waals surface area (Å²) in [6.45, 7) is 4.94. The van der Waals surface area contributed by atoms with Crippen LogP contribution in [0.3, 0.4) is 0 Å². The molecule has 1 aliphatic heterocycles. The van der Waals surface area contributed by atoms with Gasteiger partial charge in [0.2, 0.25) is 5.82 Å². The summed E-state index contributed by atoms with van der Waals surface area (Å²) in [5, 5.41) is 8.60. The summed E-state index contributed by atoms with van der Waals surface area (Å²) < 4.78 is 20.9. The first kappa shape index (κ1) is 20.1. The summed E-state index contributed by atoms with van der Waals surface area (Å²) in [5.41, 5.74) is 5.73. The summed E-state index contributed by atoms with van der Waals surface area (Å²) in [6, 6.07) is 11.9. The standard InChI is InChI=1S/C24H22FN5O2/c1-14-7-8-15(2)18(11-14)24(31)30-10-9-20-19(13-30)21(27-29(20)3)23-26-22(28-32-23)16-5-4-6-17(25)12-16/h4-8,11-12H,9-10,13H2,1-3H3. The van der Waals surface area contributed by atoms with Crippen LogP contribution in [0.25, 0.3) is 23.0 Å². The van der Waals surface area contributed by atoms with Gasteiger partial charge in [-0.1, -0.05) is 35.0 Å². The van der Waals surface area contributed by atoms with Crippen LogP contribution >= 0.6 is 0 Å². The zero-order valence-corrected chi connectivity index (χ0v) is 18.1. The molecule has 0 atom stereocenters. The van der Waals surface area contributed by atoms with Gasteiger partial charge in [-0.3, -0.25) is 9.48 Å². The van der Waals surface area contributed by atoms with Crippen LogP contribution in [0.2, 0.25) is 0 Å². The molecule has 32 heavy (non-hydrogen) atoms. The Morgan fingerprint density at radius 2 is 2.00 bits per heavy atom. The van der Waals surface area contributed by atoms with Crippen molar-refractivity contribution in [2.24, 2.45) is 7.05 Å². The van der Waals surface area contributed by atoms with Gasteiger partial charge in [0, 0.05) is 42.4 Å². The maximum atomic E-state index is 13.6. The maximum absolute atomic E-state index is 13.6. The molecule has 162 valence electrons. The highest BCUT2D eigenvalue weighted by Gasteiger charge is 2.30. The SMILES string of the molecule is Cc1ccc(C)c(C(=O)N2CCc3c(c(-c4nc(-c5cccc(F)c5)no4)nn3C)C2)c1. The Hall–Kier alpha value is -3.81. The van der Waals surface area contributed by atoms with Crippen LogP contribution in [0, 0.1) is 19.7 Å². The van der Waals surface area contributed by atoms with Gasteiger partial charge < -0.3 is 9.42 Å². The molecule has 7 nitrogen and oxygen atoms in total. The molecule has 4 aromatic rings. The van der Waals surface area contributed by atoms with Crippen molar-refractivity contribution in [3.05, 3.63) is 76.2 Å². The highest BCUT2D eigenvalue weighted by Crippen LogP contribution is 2.31. The molecule has 2 aromatic heterocycles. The van der Waals surface area contributed by atoms with Crippen LogP contribution in [-0.2, 0) is 20.0 Å². The molecule has 0 aliphatic carbocycles. The highest BCUT2D eigenvalue weighted by molar-refractivity contribution is 5.96. The van der Waals surface area contributed by atoms with E-state index in [0.717, 1.165) is 22.4 Å². The second-order valence-corrected chi connectivity index (χ2v) is 8.13. The van der Waals surface area contributed by atoms with E-state index in [0.29, 0.717) is 36.3 Å². The molecule has 0 fully saturated rings. The molecular formula is C24H22FN5O2. The number of nitrogens with zero attached hydrogens (tertiary/aromatic N) is 5. The third-order valence-electron chi connectivity index (χ3n) is 5.86. The minimum absolute atomic E-state index is 0.00219. The molecule has 0 radical (unpaired) electrons. The van der Waals surface area contributed by atoms with Crippen LogP contribution in [-0.4, -0.2) is 37.3 Å². The van der Waals surface area contributed by atoms with E-state index in [1.54, 1.807) is 16.8 Å². The monoisotopic (exact) mass is 431 g/mol. The fourth-order valence-electron chi connectivity index (χ4n) is 4.14. The molecular weight excluding hydrogens is 409 g/mol. The lowest BCUT2D eigenvalue weighted by atomic mass is 10.0. The number of rotatable bonds is 3. The number of amides is 1. The average molecular weight is 431 g/mol. The van der Waals surface area contributed by atoms with E-state index in [9.17, 15) is 9.18 Å². The molecule has 2 aromatic carbocycles. The van der Waals surface area contributed by atoms with Crippen molar-refractivity contribution < 1.29 is 13.7 Å². The van der Waals surface area contributed by atoms with Crippen LogP contribution < -0.4 is 0 Å². The predicted molar refractivity (Wildman–Crippen MR) is 116 cm³/mol. The first-order valence-corrected chi connectivity index (χ1v) is 10.4. The van der Waals surface area contributed by atoms with Crippen LogP contribution in [0.1, 0.15) is 32.7 Å². The minimum atomic E-state index is -0.371. The van der Waals surface area contributed by atoms with Gasteiger partial charge in [-0.15, -0.1) is 0 Å². The molecule has 1 amide bonds. The number of hydrogen-bond acceptors (Lipinski definition) is 5. The van der Waals surface area contributed by atoms with Crippen molar-refractivity contribution in [3.8, 4) is 23.0 Å². The Balaban J connectivity index is 1.48. The highest BCUT2D eigenvalue weighted by atomic mass is 19.1. The van der Waals surface area contributed by atoms with E-state index >= 15 is 0 Å². The van der Waals surface area contributed by atoms with Crippen LogP contribution in [0.15, 0.2) is 47.0 Å². The zero-order chi connectivity index (χ0) is 22.4. The molecule has 1 aliphatic rings. The van der Waals surface area contributed by atoms with E-state index in [1.807, 2.05) is 44.0 Å². The number of carbonyl (C=O) groups is 1. The summed E-state index contributed by atoms with van der Waals surface area (Å²) in [4.78, 5) is 19.5. The Morgan fingerprint density at radius 1 is 1.16 bits per heavy atom. The Bertz CT molecular complexity index is 1340. The van der Waals surface area contributed by atoms with Crippen molar-refractivity contribution in [3.63, 3.8) is 0 Å². The number of hydrogen-bond donors (Lipinski definition) is 0. The lowest BCUT2D eigenvalue weighted by Gasteiger charge is -2.28. The van der Waals surface area contributed by atoms with Crippen LogP contribution in [0.5, 0.6) is 0 Å². The van der Waals surface area contributed by atoms with Crippen molar-refractivity contribution >= 4 is 5.91 Å². The van der Waals surface area contributed by atoms with E-state index in [1.165, 1.54) is 12.1 Å². The fourth-order valence-corrected chi connectivity index (χ4v) is 4.14. The van der Waals surface area contributed by atoms with Gasteiger partial charge in [0.1, 0.15) is 5.82 Å². The third-order valence-corrected chi connectivity index (χ3v) is 5.86. The van der Waals surface area contributed by atoms with Gasteiger partial charge in [-0.25, -0.2) is 4.39 Å². The van der Waals surface area contributed by atoms with Gasteiger partial charge in [-0.2, -0.15) is 10.1 Å². The second-order valence-electron chi connectivity index (χ2n) is 8.13. The molecule has 0 bridgehead atoms. The molecule has 8 heteroatoms. The van der Waals surface area contributed by atoms with E-state index < -0.39 is 0 Å². The topological polar surface area (TPSA) is 77.1 Å². The molecule has 0 saturated carbocycles. The van der Waals surface area contributed by atoms with Crippen LogP contribution in [0.4, 0.5) is 4.39 Å². The Kier molecular flexibility index (Phi) is 4.84. The fraction of sp³-hybridized carbons (Fsp3) is 0.250. The average Bonchev–Trinajstić information content (AvgIpc) is 3.40. The number of halogens is 1. The number of fused-ring (bicyclic) bond motifs is 1. The second kappa shape index (κ2) is 7.71. The first-order chi connectivity index (χ1) is 15.4. The lowest BCUT2D eigenvalue weighted by molar-refractivity contribution is 0.0732. The third kappa shape index (κ3) is 3.47. The summed E-state index contributed by atoms with van der Waals surface area (Å²) in [7, 11) is 1.87. The van der Waals surface area contributed by atoms with Gasteiger partial charge in [0.25, 0.3) is 11.8 Å². The largest absolute Gasteiger partial charge is 0.334 e. The number of aryl methyl sites for hydroxylation is 3. The summed E-state index contributed by atoms with van der Waals surface area (Å²) >= 11 is 0. The zero-order valence-electron chi connectivity index (χ0n) is 18.1.